The number of hydrogen-bond acceptors (Lipinski definition) is 23. The summed E-state index contributed by atoms with van der Waals surface area (Å²) in [4.78, 5) is 66.0. The van der Waals surface area contributed by atoms with Gasteiger partial charge >= 0.3 is 11.9 Å². The van der Waals surface area contributed by atoms with Crippen molar-refractivity contribution in [1.82, 2.24) is 20.2 Å². The predicted octanol–water partition coefficient (Wildman–Crippen LogP) is 11.5. The van der Waals surface area contributed by atoms with E-state index in [-0.39, 0.29) is 123 Å². The van der Waals surface area contributed by atoms with Crippen LogP contribution in [0.1, 0.15) is 88.2 Å². The van der Waals surface area contributed by atoms with Crippen molar-refractivity contribution in [3.05, 3.63) is 83.5 Å². The molecule has 0 aromatic heterocycles. The number of likely N-dealkylation sites (tertiary alicyclic amines) is 2. The van der Waals surface area contributed by atoms with E-state index in [9.17, 15) is 54.3 Å². The van der Waals surface area contributed by atoms with E-state index in [1.165, 1.54) is 31.9 Å². The molecule has 0 radical (unpaired) electrons. The van der Waals surface area contributed by atoms with E-state index < -0.39 is 76.4 Å². The van der Waals surface area contributed by atoms with Crippen molar-refractivity contribution in [1.29, 1.82) is 0 Å². The van der Waals surface area contributed by atoms with Gasteiger partial charge in [0.15, 0.2) is 64.0 Å². The lowest BCUT2D eigenvalue weighted by Gasteiger charge is -2.37. The summed E-state index contributed by atoms with van der Waals surface area (Å²) < 4.78 is 108. The smallest absolute Gasteiger partial charge is 0.348 e. The van der Waals surface area contributed by atoms with Gasteiger partial charge in [0.2, 0.25) is 5.91 Å². The van der Waals surface area contributed by atoms with Crippen molar-refractivity contribution in [2.24, 2.45) is 5.73 Å². The maximum absolute atomic E-state index is 12.1. The van der Waals surface area contributed by atoms with Gasteiger partial charge in [0.1, 0.15) is 25.1 Å². The fourth-order valence-corrected chi connectivity index (χ4v) is 160. The summed E-state index contributed by atoms with van der Waals surface area (Å²) in [6.45, 7) is 15.7. The van der Waals surface area contributed by atoms with E-state index in [2.05, 4.69) is 117 Å². The van der Waals surface area contributed by atoms with Gasteiger partial charge in [0.25, 0.3) is 11.8 Å². The summed E-state index contributed by atoms with van der Waals surface area (Å²) in [5.41, 5.74) is 7.68. The number of rotatable bonds is 35. The molecule has 5 fully saturated rings. The minimum Gasteiger partial charge on any atom is -0.493 e. The van der Waals surface area contributed by atoms with Crippen molar-refractivity contribution in [3.63, 3.8) is 0 Å². The molecule has 3 saturated heterocycles. The number of esters is 1. The van der Waals surface area contributed by atoms with Crippen LogP contribution in [0, 0.1) is 0 Å². The zero-order valence-corrected chi connectivity index (χ0v) is 76.0. The van der Waals surface area contributed by atoms with Gasteiger partial charge in [-0.05, 0) is 129 Å². The Morgan fingerprint density at radius 1 is 0.588 bits per heavy atom. The molecule has 4 N–H and O–H groups in total. The number of aliphatic hydroxyl groups is 1. The summed E-state index contributed by atoms with van der Waals surface area (Å²) in [5, 5.41) is 14.8. The molecule has 3 heterocycles. The third-order valence-electron chi connectivity index (χ3n) is 15.8. The molecule has 0 spiro atoms. The average molecular weight is 1790 g/mol. The Labute approximate surface area is 640 Å². The minimum absolute atomic E-state index is 0. The number of carbonyl (C=O) groups is 5. The Kier molecular flexibility index (Phi) is 49.6. The number of hydroxylamine groups is 2. The van der Waals surface area contributed by atoms with Crippen molar-refractivity contribution in [2.75, 3.05) is 97.2 Å². The summed E-state index contributed by atoms with van der Waals surface area (Å²) in [6.07, 6.45) is 11.7. The normalized spacial score (nSPS) is 20.2. The number of amides is 3. The van der Waals surface area contributed by atoms with Crippen LogP contribution in [0.5, 0.6) is 23.0 Å². The van der Waals surface area contributed by atoms with Crippen LogP contribution in [-0.4, -0.2) is 209 Å². The van der Waals surface area contributed by atoms with Crippen LogP contribution < -0.4 is 30.0 Å². The number of aliphatic hydroxyl groups excluding tert-OH is 1. The quantitative estimate of drug-likeness (QED) is 0.0250. The van der Waals surface area contributed by atoms with Gasteiger partial charge in [0, 0.05) is 73.9 Å². The molecule has 25 nitrogen and oxygen atoms in total. The first-order valence-electron chi connectivity index (χ1n) is 31.9. The highest BCUT2D eigenvalue weighted by Gasteiger charge is 2.39. The summed E-state index contributed by atoms with van der Waals surface area (Å²) >= 11 is 0. The molecule has 2 saturated carbocycles. The number of hydrogen-bond donors (Lipinski definition) is 3. The third kappa shape index (κ3) is 36.0. The standard InChI is InChI=1S/C29H42N2O10S2.C21H34N2O4.C8H9NO6S.2ClH.H16P14/c1-4-42(34,35)20-28(32)30-14-17-40-26-11-10-22(18-27(26)38-3)13-16-39-25-9-7-6-8-24(25)31-15-12-23(19-31)41-29(33)21-43(36,37)5-2;1-25-21-14-16(6-7-20(21)27-13-10-22)9-12-26-19-5-3-2-4-18(19)23-11-8-17(24)15-23;1-2-16(13,14)5-8(12)15-9-6(10)3-4-7(9)11;;;1-9(2)13(10(3)4)14(11(5)6)12(7)8/h4-5,10-11,18,23-25H,1-2,6-9,12-17,19-21H2,3H3,(H,30,32);6-7,14,17-19,24H,2-5,8-13,15,22H2,1H3;2H,1,3-5H2;2*1H;1-8H2/t23-,24?,25?;17-,18?,19?;;;;/m11..../s1. The molecule has 3 amide bonds. The van der Waals surface area contributed by atoms with Crippen molar-refractivity contribution in [2.45, 2.75) is 126 Å². The number of methoxy groups -OCH3 is 2. The maximum Gasteiger partial charge on any atom is 0.348 e. The molecule has 0 bridgehead atoms. The summed E-state index contributed by atoms with van der Waals surface area (Å²) in [6, 6.07) is 12.3. The molecule has 2 aliphatic carbocycles. The molecule has 2 aromatic carbocycles. The first-order valence-corrected chi connectivity index (χ1v) is 61.5. The van der Waals surface area contributed by atoms with E-state index in [4.69, 9.17) is 38.9 Å². The zero-order chi connectivity index (χ0) is 74.3. The Hall–Kier alpha value is 0.620. The number of β-amino-alcohol motifs (C(OH)–C–C–N with tert-alkyl or cyclic N) is 1. The number of imide groups is 1. The average Bonchev–Trinajstić information content (AvgIpc) is 1.65. The second-order valence-electron chi connectivity index (χ2n) is 23.2. The Morgan fingerprint density at radius 2 is 1.01 bits per heavy atom. The molecule has 14 atom stereocenters. The van der Waals surface area contributed by atoms with E-state index >= 15 is 0 Å². The van der Waals surface area contributed by atoms with Crippen LogP contribution in [0.15, 0.2) is 72.4 Å². The molecule has 3 aliphatic heterocycles. The van der Waals surface area contributed by atoms with Gasteiger partial charge in [-0.1, -0.05) is 57.6 Å². The molecule has 582 valence electrons. The lowest BCUT2D eigenvalue weighted by molar-refractivity contribution is -0.195. The minimum atomic E-state index is -3.76. The maximum atomic E-state index is 12.1. The highest BCUT2D eigenvalue weighted by Crippen LogP contribution is 3.21. The molecular formula is C58H103Cl2N5O20P14S3. The number of nitrogens with two attached hydrogens (primary N) is 1. The Bertz CT molecular complexity index is 3310. The van der Waals surface area contributed by atoms with Gasteiger partial charge in [-0.25, -0.2) is 30.0 Å². The lowest BCUT2D eigenvalue weighted by atomic mass is 9.91. The van der Waals surface area contributed by atoms with Gasteiger partial charge in [-0.15, -0.1) is 101 Å². The number of sulfone groups is 3. The monoisotopic (exact) mass is 1790 g/mol. The van der Waals surface area contributed by atoms with Crippen LogP contribution in [0.3, 0.4) is 0 Å². The number of benzene rings is 2. The van der Waals surface area contributed by atoms with E-state index in [0.29, 0.717) is 73.8 Å². The molecule has 2 aromatic rings. The Morgan fingerprint density at radius 3 is 1.43 bits per heavy atom. The SMILES string of the molecule is C=CS(=O)(=O)CC(=O)NCCOc1ccc(CCOC2CCCCC2N2CC[C@@H](OC(=O)CS(=O)(=O)C=C)C2)cc1OC.C=CS(=O)(=O)CC(=O)ON1C(=O)CCC1=O.COc1cc(CCOC2CCCCC2N2CC[C@@H](O)C2)ccc1OCCN.Cl.Cl.PP(P)P(P(P)P)P(P(P)P)P(P)P. The van der Waals surface area contributed by atoms with Gasteiger partial charge in [-0.3, -0.25) is 29.0 Å². The second kappa shape index (κ2) is 51.3. The molecular weight excluding hydrogens is 1690 g/mol. The molecule has 44 heteroatoms. The first kappa shape index (κ1) is 98.7. The number of carbonyl (C=O) groups excluding carboxylic acids is 5. The van der Waals surface area contributed by atoms with Crippen LogP contribution in [-0.2, 0) is 85.4 Å². The van der Waals surface area contributed by atoms with E-state index in [1.807, 2.05) is 24.3 Å². The molecule has 12 unspecified atom stereocenters. The summed E-state index contributed by atoms with van der Waals surface area (Å²) in [5.74, 6) is -3.68. The van der Waals surface area contributed by atoms with Crippen molar-refractivity contribution >= 4 is 197 Å². The van der Waals surface area contributed by atoms with E-state index in [1.54, 1.807) is 13.2 Å². The lowest BCUT2D eigenvalue weighted by Crippen LogP contribution is -2.46. The van der Waals surface area contributed by atoms with Gasteiger partial charge < -0.3 is 54.2 Å². The number of nitrogens with zero attached hydrogens (tertiary/aromatic N) is 3. The first-order chi connectivity index (χ1) is 47.3. The Balaban J connectivity index is 0.000000509. The third-order valence-corrected chi connectivity index (χ3v) is 98.2. The fraction of sp³-hybridized carbons (Fsp3) is 0.603. The van der Waals surface area contributed by atoms with Crippen molar-refractivity contribution in [3.8, 4) is 23.0 Å². The van der Waals surface area contributed by atoms with Gasteiger partial charge in [0.05, 0.1) is 52.3 Å². The van der Waals surface area contributed by atoms with Crippen molar-refractivity contribution < 1.29 is 92.3 Å². The fourth-order valence-electron chi connectivity index (χ4n) is 11.1. The summed E-state index contributed by atoms with van der Waals surface area (Å²) in [7, 11) is 16.5. The molecule has 102 heavy (non-hydrogen) atoms. The number of halogens is 2. The molecule has 7 rings (SSSR count). The van der Waals surface area contributed by atoms with Crippen LogP contribution >= 0.6 is 138 Å². The largest absolute Gasteiger partial charge is 0.493 e. The topological polar surface area (TPSA) is 330 Å². The van der Waals surface area contributed by atoms with Crippen LogP contribution in [0.4, 0.5) is 0 Å². The number of nitrogens with one attached hydrogen (secondary N) is 1. The highest BCUT2D eigenvalue weighted by molar-refractivity contribution is 9.27. The second-order valence-corrected chi connectivity index (χ2v) is 82.5. The predicted molar refractivity (Wildman–Crippen MR) is 452 cm³/mol. The van der Waals surface area contributed by atoms with Crippen LogP contribution in [0.2, 0.25) is 0 Å². The number of ether oxygens (including phenoxy) is 7. The molecule has 5 aliphatic rings. The van der Waals surface area contributed by atoms with Crippen LogP contribution in [0.25, 0.3) is 0 Å². The van der Waals surface area contributed by atoms with Gasteiger partial charge in [-0.2, -0.15) is 0 Å². The van der Waals surface area contributed by atoms with E-state index in [0.717, 1.165) is 92.5 Å². The zero-order valence-electron chi connectivity index (χ0n) is 57.3. The highest BCUT2D eigenvalue weighted by atomic mass is 35.5.